The van der Waals surface area contributed by atoms with Gasteiger partial charge < -0.3 is 4.74 Å². The topological polar surface area (TPSA) is 63.6 Å². The fourth-order valence-electron chi connectivity index (χ4n) is 0.828. The molecule has 1 unspecified atom stereocenters. The molecule has 1 aromatic carbocycles. The molecule has 1 rings (SSSR count). The molecule has 70 valence electrons. The lowest BCUT2D eigenvalue weighted by Crippen LogP contribution is -2.05. The first-order chi connectivity index (χ1) is 6.15. The Bertz CT molecular complexity index is 331. The van der Waals surface area contributed by atoms with Crippen LogP contribution in [0.2, 0.25) is 0 Å². The van der Waals surface area contributed by atoms with Crippen molar-refractivity contribution in [1.29, 1.82) is 0 Å². The zero-order valence-corrected chi connectivity index (χ0v) is 7.71. The number of ether oxygens (including phenoxy) is 1. The highest BCUT2D eigenvalue weighted by Gasteiger charge is 2.11. The summed E-state index contributed by atoms with van der Waals surface area (Å²) in [6.07, 6.45) is 0. The molecule has 0 fully saturated rings. The van der Waals surface area contributed by atoms with Gasteiger partial charge in [-0.05, 0) is 24.3 Å². The van der Waals surface area contributed by atoms with Crippen LogP contribution in [0.5, 0.6) is 5.75 Å². The average molecular weight is 200 g/mol. The van der Waals surface area contributed by atoms with Crippen LogP contribution in [-0.2, 0) is 11.1 Å². The van der Waals surface area contributed by atoms with E-state index in [0.29, 0.717) is 5.75 Å². The molecule has 13 heavy (non-hydrogen) atoms. The van der Waals surface area contributed by atoms with E-state index >= 15 is 0 Å². The predicted octanol–water partition coefficient (Wildman–Crippen LogP) is 1.06. The number of hydrogen-bond acceptors (Lipinski definition) is 3. The Labute approximate surface area is 77.8 Å². The lowest BCUT2D eigenvalue weighted by molar-refractivity contribution is 0.107. The molecule has 5 heteroatoms. The molecule has 0 saturated heterocycles. The number of carbonyl (C=O) groups excluding carboxylic acids is 1. The second kappa shape index (κ2) is 4.15. The van der Waals surface area contributed by atoms with Crippen molar-refractivity contribution >= 4 is 16.2 Å². The van der Waals surface area contributed by atoms with Crippen LogP contribution in [0.4, 0.5) is 0 Å². The number of methoxy groups -OCH3 is 1. The van der Waals surface area contributed by atoms with Crippen LogP contribution in [0.1, 0.15) is 10.4 Å². The van der Waals surface area contributed by atoms with Gasteiger partial charge in [0, 0.05) is 5.56 Å². The Morgan fingerprint density at radius 3 is 2.31 bits per heavy atom. The van der Waals surface area contributed by atoms with Crippen molar-refractivity contribution in [2.45, 2.75) is 0 Å². The summed E-state index contributed by atoms with van der Waals surface area (Å²) in [5, 5.41) is -0.803. The highest BCUT2D eigenvalue weighted by molar-refractivity contribution is 7.95. The maximum atomic E-state index is 11.0. The molecule has 1 atom stereocenters. The molecule has 0 aliphatic heterocycles. The van der Waals surface area contributed by atoms with Crippen LogP contribution >= 0.6 is 0 Å². The van der Waals surface area contributed by atoms with Gasteiger partial charge >= 0.3 is 0 Å². The Kier molecular flexibility index (Phi) is 3.16. The zero-order chi connectivity index (χ0) is 9.84. The van der Waals surface area contributed by atoms with Gasteiger partial charge in [-0.1, -0.05) is 0 Å². The largest absolute Gasteiger partial charge is 0.497 e. The molecule has 4 nitrogen and oxygen atoms in total. The van der Waals surface area contributed by atoms with Crippen LogP contribution in [0.25, 0.3) is 0 Å². The second-order valence-corrected chi connectivity index (χ2v) is 3.13. The minimum atomic E-state index is -2.45. The molecular weight excluding hydrogens is 192 g/mol. The predicted molar refractivity (Wildman–Crippen MR) is 48.1 cm³/mol. The van der Waals surface area contributed by atoms with E-state index < -0.39 is 16.2 Å². The average Bonchev–Trinajstić information content (AvgIpc) is 2.17. The smallest absolute Gasteiger partial charge is 0.276 e. The van der Waals surface area contributed by atoms with Crippen molar-refractivity contribution in [2.24, 2.45) is 0 Å². The number of benzene rings is 1. The van der Waals surface area contributed by atoms with Crippen molar-refractivity contribution in [3.05, 3.63) is 29.8 Å². The second-order valence-electron chi connectivity index (χ2n) is 2.27. The van der Waals surface area contributed by atoms with Crippen molar-refractivity contribution in [1.82, 2.24) is 0 Å². The van der Waals surface area contributed by atoms with Crippen LogP contribution in [0, 0.1) is 0 Å². The Morgan fingerprint density at radius 2 is 1.92 bits per heavy atom. The molecule has 0 aromatic heterocycles. The molecule has 0 bridgehead atoms. The van der Waals surface area contributed by atoms with Crippen LogP contribution in [0.3, 0.4) is 0 Å². The van der Waals surface area contributed by atoms with Gasteiger partial charge in [-0.15, -0.1) is 0 Å². The summed E-state index contributed by atoms with van der Waals surface area (Å²) in [5.41, 5.74) is 0.196. The van der Waals surface area contributed by atoms with E-state index in [9.17, 15) is 9.00 Å². The summed E-state index contributed by atoms with van der Waals surface area (Å²) in [5.74, 6) is 0.597. The Morgan fingerprint density at radius 1 is 1.38 bits per heavy atom. The highest BCUT2D eigenvalue weighted by Crippen LogP contribution is 2.12. The van der Waals surface area contributed by atoms with Crippen molar-refractivity contribution in [3.63, 3.8) is 0 Å². The molecule has 0 heterocycles. The van der Waals surface area contributed by atoms with Gasteiger partial charge in [0.05, 0.1) is 7.11 Å². The summed E-state index contributed by atoms with van der Waals surface area (Å²) in [6.45, 7) is 0. The van der Waals surface area contributed by atoms with Crippen LogP contribution < -0.4 is 4.74 Å². The quantitative estimate of drug-likeness (QED) is 0.725. The van der Waals surface area contributed by atoms with E-state index in [1.54, 1.807) is 12.1 Å². The molecule has 0 aliphatic carbocycles. The van der Waals surface area contributed by atoms with Gasteiger partial charge in [-0.2, -0.15) is 0 Å². The van der Waals surface area contributed by atoms with Gasteiger partial charge in [-0.25, -0.2) is 4.21 Å². The van der Waals surface area contributed by atoms with Gasteiger partial charge in [0.1, 0.15) is 5.75 Å². The first-order valence-corrected chi connectivity index (χ1v) is 4.55. The minimum absolute atomic E-state index is 0.196. The fourth-order valence-corrected chi connectivity index (χ4v) is 1.17. The minimum Gasteiger partial charge on any atom is -0.497 e. The van der Waals surface area contributed by atoms with E-state index in [0.717, 1.165) is 0 Å². The SMILES string of the molecule is COc1ccc(C(=O)S(=O)O)cc1. The van der Waals surface area contributed by atoms with Crippen molar-refractivity contribution < 1.29 is 18.3 Å². The van der Waals surface area contributed by atoms with E-state index in [1.165, 1.54) is 19.2 Å². The molecule has 1 aromatic rings. The molecule has 0 amide bonds. The van der Waals surface area contributed by atoms with E-state index in [-0.39, 0.29) is 5.56 Å². The maximum Gasteiger partial charge on any atom is 0.276 e. The summed E-state index contributed by atoms with van der Waals surface area (Å²) >= 11 is -2.45. The van der Waals surface area contributed by atoms with Crippen LogP contribution in [-0.4, -0.2) is 21.0 Å². The molecule has 0 spiro atoms. The van der Waals surface area contributed by atoms with Gasteiger partial charge in [0.15, 0.2) is 0 Å². The Balaban J connectivity index is 2.92. The first kappa shape index (κ1) is 9.88. The standard InChI is InChI=1S/C8H8O4S/c1-12-7-4-2-6(3-5-7)8(9)13(10)11/h2-5H,1H3,(H,10,11). The third-order valence-electron chi connectivity index (χ3n) is 1.48. The summed E-state index contributed by atoms with van der Waals surface area (Å²) in [7, 11) is 1.50. The normalized spacial score (nSPS) is 12.2. The summed E-state index contributed by atoms with van der Waals surface area (Å²) in [6, 6.07) is 5.99. The van der Waals surface area contributed by atoms with E-state index in [1.807, 2.05) is 0 Å². The molecule has 0 radical (unpaired) electrons. The van der Waals surface area contributed by atoms with E-state index in [2.05, 4.69) is 0 Å². The third kappa shape index (κ3) is 2.37. The lowest BCUT2D eigenvalue weighted by atomic mass is 10.2. The first-order valence-electron chi connectivity index (χ1n) is 3.44. The molecule has 0 aliphatic rings. The lowest BCUT2D eigenvalue weighted by Gasteiger charge is -1.99. The van der Waals surface area contributed by atoms with Gasteiger partial charge in [0.25, 0.3) is 5.12 Å². The summed E-state index contributed by atoms with van der Waals surface area (Å²) < 4.78 is 23.7. The maximum absolute atomic E-state index is 11.0. The molecule has 1 N–H and O–H groups in total. The van der Waals surface area contributed by atoms with Crippen molar-refractivity contribution in [3.8, 4) is 5.75 Å². The number of rotatable bonds is 2. The zero-order valence-electron chi connectivity index (χ0n) is 6.89. The van der Waals surface area contributed by atoms with Gasteiger partial charge in [-0.3, -0.25) is 9.35 Å². The van der Waals surface area contributed by atoms with Crippen LogP contribution in [0.15, 0.2) is 24.3 Å². The molecular formula is C8H8O4S. The fraction of sp³-hybridized carbons (Fsp3) is 0.125. The van der Waals surface area contributed by atoms with Gasteiger partial charge in [0.2, 0.25) is 11.1 Å². The summed E-state index contributed by atoms with van der Waals surface area (Å²) in [4.78, 5) is 11.0. The van der Waals surface area contributed by atoms with E-state index in [4.69, 9.17) is 9.29 Å². The van der Waals surface area contributed by atoms with Crippen molar-refractivity contribution in [2.75, 3.05) is 7.11 Å². The number of carbonyl (C=O) groups is 1. The number of hydrogen-bond donors (Lipinski definition) is 1. The molecule has 0 saturated carbocycles. The third-order valence-corrected chi connectivity index (χ3v) is 2.04. The Hall–Kier alpha value is -1.20. The monoisotopic (exact) mass is 200 g/mol. The highest BCUT2D eigenvalue weighted by atomic mass is 32.2.